The number of allylic oxidation sites excluding steroid dienone is 2. The van der Waals surface area contributed by atoms with Crippen LogP contribution < -0.4 is 0 Å². The molecule has 150 valence electrons. The highest BCUT2D eigenvalue weighted by Crippen LogP contribution is 2.40. The molecule has 0 N–H and O–H groups in total. The van der Waals surface area contributed by atoms with Gasteiger partial charge < -0.3 is 9.80 Å². The third-order valence-corrected chi connectivity index (χ3v) is 6.89. The van der Waals surface area contributed by atoms with E-state index in [-0.39, 0.29) is 29.8 Å². The Morgan fingerprint density at radius 1 is 0.964 bits per heavy atom. The number of hydrogen-bond acceptors (Lipinski definition) is 2. The second-order valence-corrected chi connectivity index (χ2v) is 8.61. The van der Waals surface area contributed by atoms with E-state index in [0.29, 0.717) is 5.91 Å². The van der Waals surface area contributed by atoms with E-state index in [0.717, 1.165) is 58.0 Å². The molecule has 0 bridgehead atoms. The van der Waals surface area contributed by atoms with E-state index >= 15 is 0 Å². The summed E-state index contributed by atoms with van der Waals surface area (Å²) in [4.78, 5) is 30.3. The Hall–Kier alpha value is -2.10. The lowest BCUT2D eigenvalue weighted by molar-refractivity contribution is -0.139. The Morgan fingerprint density at radius 3 is 2.50 bits per heavy atom. The van der Waals surface area contributed by atoms with Crippen LogP contribution >= 0.6 is 0 Å². The summed E-state index contributed by atoms with van der Waals surface area (Å²) in [5.74, 6) is 0.766. The molecule has 1 aliphatic carbocycles. The Morgan fingerprint density at radius 2 is 1.79 bits per heavy atom. The summed E-state index contributed by atoms with van der Waals surface area (Å²) in [6.07, 6.45) is 11.5. The first kappa shape index (κ1) is 19.2. The van der Waals surface area contributed by atoms with Gasteiger partial charge in [-0.3, -0.25) is 9.59 Å². The van der Waals surface area contributed by atoms with Crippen molar-refractivity contribution in [2.45, 2.75) is 69.9 Å². The summed E-state index contributed by atoms with van der Waals surface area (Å²) in [5.41, 5.74) is 1.25. The van der Waals surface area contributed by atoms with E-state index in [1.165, 1.54) is 5.56 Å². The van der Waals surface area contributed by atoms with Crippen molar-refractivity contribution in [1.82, 2.24) is 9.80 Å². The summed E-state index contributed by atoms with van der Waals surface area (Å²) in [7, 11) is 0. The Labute approximate surface area is 168 Å². The highest BCUT2D eigenvalue weighted by molar-refractivity contribution is 5.81. The molecule has 28 heavy (non-hydrogen) atoms. The fourth-order valence-corrected chi connectivity index (χ4v) is 5.50. The number of benzene rings is 1. The van der Waals surface area contributed by atoms with Crippen molar-refractivity contribution in [3.63, 3.8) is 0 Å². The van der Waals surface area contributed by atoms with Crippen molar-refractivity contribution in [3.05, 3.63) is 48.0 Å². The predicted molar refractivity (Wildman–Crippen MR) is 111 cm³/mol. The lowest BCUT2D eigenvalue weighted by Crippen LogP contribution is -2.51. The molecule has 0 spiro atoms. The molecule has 4 rings (SSSR count). The van der Waals surface area contributed by atoms with E-state index < -0.39 is 0 Å². The van der Waals surface area contributed by atoms with E-state index in [2.05, 4.69) is 46.2 Å². The van der Waals surface area contributed by atoms with Gasteiger partial charge in [0.05, 0.1) is 12.1 Å². The van der Waals surface area contributed by atoms with Gasteiger partial charge in [0.15, 0.2) is 0 Å². The summed E-state index contributed by atoms with van der Waals surface area (Å²) < 4.78 is 0. The van der Waals surface area contributed by atoms with Crippen molar-refractivity contribution < 1.29 is 9.59 Å². The summed E-state index contributed by atoms with van der Waals surface area (Å²) in [6, 6.07) is 10.8. The van der Waals surface area contributed by atoms with Crippen LogP contribution in [-0.4, -0.2) is 46.8 Å². The van der Waals surface area contributed by atoms with Crippen molar-refractivity contribution >= 4 is 11.8 Å². The molecular formula is C24H32N2O2. The Bertz CT molecular complexity index is 729. The standard InChI is InChI=1S/C24H32N2O2/c1-18(27)25-16-10-4-9-15-22-23(25)21(19-11-5-2-6-12-19)17-26(22)24(28)20-13-7-3-8-14-20/h2-3,5-7,11-12,20-23H,4,8-10,13-17H2,1H3/t20?,21-,22+,23-/m0/s1. The van der Waals surface area contributed by atoms with Crippen LogP contribution in [0.25, 0.3) is 0 Å². The summed E-state index contributed by atoms with van der Waals surface area (Å²) in [6.45, 7) is 3.24. The minimum absolute atomic E-state index is 0.100. The molecule has 0 aromatic heterocycles. The average molecular weight is 381 g/mol. The number of likely N-dealkylation sites (tertiary alicyclic amines) is 2. The fraction of sp³-hybridized carbons (Fsp3) is 0.583. The second kappa shape index (κ2) is 8.50. The molecule has 1 unspecified atom stereocenters. The van der Waals surface area contributed by atoms with Crippen LogP contribution in [0.3, 0.4) is 0 Å². The lowest BCUT2D eigenvalue weighted by Gasteiger charge is -2.39. The molecule has 4 atom stereocenters. The summed E-state index contributed by atoms with van der Waals surface area (Å²) >= 11 is 0. The van der Waals surface area contributed by atoms with Gasteiger partial charge in [-0.2, -0.15) is 0 Å². The number of carbonyl (C=O) groups excluding carboxylic acids is 2. The molecule has 1 aromatic rings. The van der Waals surface area contributed by atoms with Crippen LogP contribution in [0, 0.1) is 5.92 Å². The van der Waals surface area contributed by atoms with Crippen LogP contribution in [0.4, 0.5) is 0 Å². The first-order chi connectivity index (χ1) is 13.7. The SMILES string of the molecule is CC(=O)N1CCCCC[C@@H]2[C@@H]1[C@H](c1ccccc1)CN2C(=O)C1CC=CCC1. The molecular weight excluding hydrogens is 348 g/mol. The highest BCUT2D eigenvalue weighted by Gasteiger charge is 2.48. The van der Waals surface area contributed by atoms with Gasteiger partial charge in [-0.05, 0) is 37.7 Å². The topological polar surface area (TPSA) is 40.6 Å². The van der Waals surface area contributed by atoms with Crippen LogP contribution in [0.5, 0.6) is 0 Å². The Kier molecular flexibility index (Phi) is 5.84. The number of fused-ring (bicyclic) bond motifs is 1. The monoisotopic (exact) mass is 380 g/mol. The van der Waals surface area contributed by atoms with Gasteiger partial charge in [0.1, 0.15) is 0 Å². The second-order valence-electron chi connectivity index (χ2n) is 8.61. The molecule has 4 nitrogen and oxygen atoms in total. The lowest BCUT2D eigenvalue weighted by atomic mass is 9.86. The smallest absolute Gasteiger partial charge is 0.226 e. The average Bonchev–Trinajstić information content (AvgIpc) is 3.06. The van der Waals surface area contributed by atoms with Crippen molar-refractivity contribution in [2.75, 3.05) is 13.1 Å². The first-order valence-corrected chi connectivity index (χ1v) is 10.9. The highest BCUT2D eigenvalue weighted by atomic mass is 16.2. The zero-order chi connectivity index (χ0) is 19.5. The quantitative estimate of drug-likeness (QED) is 0.724. The third-order valence-electron chi connectivity index (χ3n) is 6.89. The van der Waals surface area contributed by atoms with Gasteiger partial charge in [-0.25, -0.2) is 0 Å². The largest absolute Gasteiger partial charge is 0.337 e. The van der Waals surface area contributed by atoms with Gasteiger partial charge in [0, 0.05) is 31.8 Å². The number of carbonyl (C=O) groups is 2. The minimum Gasteiger partial charge on any atom is -0.337 e. The normalized spacial score (nSPS) is 30.5. The maximum absolute atomic E-state index is 13.5. The van der Waals surface area contributed by atoms with Gasteiger partial charge in [-0.15, -0.1) is 0 Å². The fourth-order valence-electron chi connectivity index (χ4n) is 5.50. The van der Waals surface area contributed by atoms with E-state index in [9.17, 15) is 9.59 Å². The number of nitrogens with zero attached hydrogens (tertiary/aromatic N) is 2. The van der Waals surface area contributed by atoms with Gasteiger partial charge >= 0.3 is 0 Å². The molecule has 2 saturated heterocycles. The molecule has 1 aromatic carbocycles. The molecule has 0 radical (unpaired) electrons. The van der Waals surface area contributed by atoms with Gasteiger partial charge in [0.25, 0.3) is 0 Å². The third kappa shape index (κ3) is 3.74. The first-order valence-electron chi connectivity index (χ1n) is 10.9. The number of amides is 2. The van der Waals surface area contributed by atoms with Crippen LogP contribution in [0.1, 0.15) is 63.4 Å². The van der Waals surface area contributed by atoms with E-state index in [1.54, 1.807) is 6.92 Å². The van der Waals surface area contributed by atoms with Crippen LogP contribution in [0.15, 0.2) is 42.5 Å². The molecule has 0 saturated carbocycles. The number of hydrogen-bond donors (Lipinski definition) is 0. The molecule has 2 heterocycles. The molecule has 2 fully saturated rings. The molecule has 4 heteroatoms. The zero-order valence-corrected chi connectivity index (χ0v) is 16.9. The molecule has 2 amide bonds. The van der Waals surface area contributed by atoms with Gasteiger partial charge in [-0.1, -0.05) is 55.3 Å². The Balaban J connectivity index is 1.69. The van der Waals surface area contributed by atoms with Crippen molar-refractivity contribution in [2.24, 2.45) is 5.92 Å². The zero-order valence-electron chi connectivity index (χ0n) is 16.9. The van der Waals surface area contributed by atoms with Crippen molar-refractivity contribution in [1.29, 1.82) is 0 Å². The predicted octanol–water partition coefficient (Wildman–Crippen LogP) is 4.13. The van der Waals surface area contributed by atoms with Crippen LogP contribution in [-0.2, 0) is 9.59 Å². The van der Waals surface area contributed by atoms with Crippen LogP contribution in [0.2, 0.25) is 0 Å². The maximum Gasteiger partial charge on any atom is 0.226 e. The molecule has 3 aliphatic rings. The van der Waals surface area contributed by atoms with E-state index in [1.807, 2.05) is 6.07 Å². The molecule has 2 aliphatic heterocycles. The summed E-state index contributed by atoms with van der Waals surface area (Å²) in [5, 5.41) is 0. The maximum atomic E-state index is 13.5. The van der Waals surface area contributed by atoms with Gasteiger partial charge in [0.2, 0.25) is 11.8 Å². The number of rotatable bonds is 2. The minimum atomic E-state index is 0.100. The van der Waals surface area contributed by atoms with E-state index in [4.69, 9.17) is 0 Å². The van der Waals surface area contributed by atoms with Crippen molar-refractivity contribution in [3.8, 4) is 0 Å².